The van der Waals surface area contributed by atoms with Crippen LogP contribution in [0.25, 0.3) is 0 Å². The number of nitrogens with one attached hydrogen (secondary N) is 2. The summed E-state index contributed by atoms with van der Waals surface area (Å²) < 4.78 is 4.26. The summed E-state index contributed by atoms with van der Waals surface area (Å²) in [5, 5.41) is 19.6. The van der Waals surface area contributed by atoms with Gasteiger partial charge in [-0.05, 0) is 0 Å². The summed E-state index contributed by atoms with van der Waals surface area (Å²) in [5.41, 5.74) is 0. The Hall–Kier alpha value is -1.30. The van der Waals surface area contributed by atoms with E-state index in [-0.39, 0.29) is 0 Å². The van der Waals surface area contributed by atoms with E-state index >= 15 is 0 Å². The first-order chi connectivity index (χ1) is 8.81. The average molecular weight is 312 g/mol. The Bertz CT molecular complexity index is 342. The van der Waals surface area contributed by atoms with E-state index in [0.29, 0.717) is 0 Å². The fourth-order valence-corrected chi connectivity index (χ4v) is 1.21. The Morgan fingerprint density at radius 2 is 1.21 bits per heavy atom. The minimum Gasteiger partial charge on any atom is -0.394 e. The van der Waals surface area contributed by atoms with Crippen LogP contribution in [0.15, 0.2) is 0 Å². The van der Waals surface area contributed by atoms with Gasteiger partial charge in [0.2, 0.25) is 0 Å². The highest BCUT2D eigenvalue weighted by Crippen LogP contribution is 1.96. The first kappa shape index (κ1) is 17.7. The number of ether oxygens (including phenoxy) is 1. The van der Waals surface area contributed by atoms with Gasteiger partial charge in [-0.2, -0.15) is 0 Å². The Kier molecular flexibility index (Phi) is 8.14. The van der Waals surface area contributed by atoms with Crippen molar-refractivity contribution in [3.05, 3.63) is 0 Å². The topological polar surface area (TPSA) is 142 Å². The molecule has 0 aromatic rings. The third-order valence-corrected chi connectivity index (χ3v) is 1.99. The van der Waals surface area contributed by atoms with Gasteiger partial charge in [0.05, 0.1) is 13.2 Å². The van der Waals surface area contributed by atoms with E-state index in [1.807, 2.05) is 10.6 Å². The van der Waals surface area contributed by atoms with Crippen molar-refractivity contribution in [3.63, 3.8) is 0 Å². The van der Waals surface area contributed by atoms with Gasteiger partial charge < -0.3 is 25.6 Å². The predicted molar refractivity (Wildman–Crippen MR) is 67.9 cm³/mol. The molecule has 0 aliphatic rings. The molecule has 0 aromatic carbocycles. The van der Waals surface area contributed by atoms with Gasteiger partial charge in [0.25, 0.3) is 10.5 Å². The second-order valence-electron chi connectivity index (χ2n) is 3.11. The van der Waals surface area contributed by atoms with E-state index in [4.69, 9.17) is 10.2 Å². The molecule has 0 rings (SSSR count). The number of amides is 2. The molecule has 0 spiro atoms. The fraction of sp³-hybridized carbons (Fsp3) is 0.500. The molecule has 2 amide bonds. The molecule has 0 aliphatic heterocycles. The van der Waals surface area contributed by atoms with Gasteiger partial charge in [0, 0.05) is 0 Å². The highest BCUT2D eigenvalue weighted by molar-refractivity contribution is 7.96. The third-order valence-electron chi connectivity index (χ3n) is 1.73. The molecule has 0 fully saturated rings. The zero-order valence-electron chi connectivity index (χ0n) is 9.40. The second kappa shape index (κ2) is 8.74. The molecule has 0 aliphatic carbocycles. The Balaban J connectivity index is 4.55. The molecule has 9 nitrogen and oxygen atoms in total. The molecule has 108 valence electrons. The van der Waals surface area contributed by atoms with E-state index in [1.54, 1.807) is 0 Å². The maximum absolute atomic E-state index is 11.4. The number of hydrogen-bond acceptors (Lipinski definition) is 7. The molecule has 11 heteroatoms. The standard InChI is InChI=1S/C8H12N2O7S2/c11-1-3(9-7(15)18)5(13)17-6(14)4(2-12)10-8(16)19/h3-4,11-12H,1-2H2,(H2,9,15,18)(H2,10,16,19)/t3-,4-/m0/s1. The molecule has 19 heavy (non-hydrogen) atoms. The quantitative estimate of drug-likeness (QED) is 0.190. The monoisotopic (exact) mass is 312 g/mol. The van der Waals surface area contributed by atoms with Crippen LogP contribution in [0.3, 0.4) is 0 Å². The Morgan fingerprint density at radius 3 is 1.42 bits per heavy atom. The molecule has 2 atom stereocenters. The normalized spacial score (nSPS) is 13.1. The number of carbonyl (C=O) groups excluding carboxylic acids is 4. The van der Waals surface area contributed by atoms with Crippen molar-refractivity contribution < 1.29 is 34.1 Å². The number of aliphatic hydroxyl groups excluding tert-OH is 2. The molecular weight excluding hydrogens is 300 g/mol. The summed E-state index contributed by atoms with van der Waals surface area (Å²) in [5.74, 6) is -2.52. The van der Waals surface area contributed by atoms with Crippen molar-refractivity contribution in [2.24, 2.45) is 0 Å². The second-order valence-corrected chi connectivity index (χ2v) is 3.92. The predicted octanol–water partition coefficient (Wildman–Crippen LogP) is -1.94. The van der Waals surface area contributed by atoms with Crippen LogP contribution < -0.4 is 10.6 Å². The van der Waals surface area contributed by atoms with E-state index in [0.717, 1.165) is 0 Å². The van der Waals surface area contributed by atoms with Crippen LogP contribution in [0, 0.1) is 0 Å². The van der Waals surface area contributed by atoms with Gasteiger partial charge in [-0.3, -0.25) is 9.59 Å². The van der Waals surface area contributed by atoms with Crippen molar-refractivity contribution in [2.75, 3.05) is 13.2 Å². The summed E-state index contributed by atoms with van der Waals surface area (Å²) >= 11 is 6.64. The van der Waals surface area contributed by atoms with E-state index in [9.17, 15) is 19.2 Å². The lowest BCUT2D eigenvalue weighted by molar-refractivity contribution is -0.163. The smallest absolute Gasteiger partial charge is 0.338 e. The highest BCUT2D eigenvalue weighted by atomic mass is 32.1. The number of thiol groups is 2. The van der Waals surface area contributed by atoms with E-state index in [2.05, 4.69) is 30.0 Å². The molecular formula is C8H12N2O7S2. The molecule has 0 radical (unpaired) electrons. The molecule has 0 bridgehead atoms. The van der Waals surface area contributed by atoms with Crippen LogP contribution in [0.5, 0.6) is 0 Å². The average Bonchev–Trinajstić information content (AvgIpc) is 2.31. The number of carbonyl (C=O) groups is 4. The Labute approximate surface area is 118 Å². The highest BCUT2D eigenvalue weighted by Gasteiger charge is 2.28. The number of rotatable bonds is 6. The van der Waals surface area contributed by atoms with Gasteiger partial charge in [-0.25, -0.2) is 9.59 Å². The minimum atomic E-state index is -1.49. The van der Waals surface area contributed by atoms with Gasteiger partial charge in [0.15, 0.2) is 12.1 Å². The number of aliphatic hydroxyl groups is 2. The van der Waals surface area contributed by atoms with Crippen molar-refractivity contribution >= 4 is 47.7 Å². The first-order valence-electron chi connectivity index (χ1n) is 4.78. The maximum Gasteiger partial charge on any atom is 0.338 e. The van der Waals surface area contributed by atoms with Gasteiger partial charge >= 0.3 is 11.9 Å². The van der Waals surface area contributed by atoms with E-state index in [1.165, 1.54) is 0 Å². The fourth-order valence-electron chi connectivity index (χ4n) is 0.898. The zero-order valence-corrected chi connectivity index (χ0v) is 11.2. The van der Waals surface area contributed by atoms with Gasteiger partial charge in [0.1, 0.15) is 0 Å². The van der Waals surface area contributed by atoms with Crippen LogP contribution in [0.1, 0.15) is 0 Å². The van der Waals surface area contributed by atoms with Crippen molar-refractivity contribution in [3.8, 4) is 0 Å². The van der Waals surface area contributed by atoms with Gasteiger partial charge in [-0.1, -0.05) is 25.3 Å². The zero-order chi connectivity index (χ0) is 15.0. The minimum absolute atomic E-state index is 0.818. The summed E-state index contributed by atoms with van der Waals surface area (Å²) in [6.45, 7) is -1.64. The third kappa shape index (κ3) is 7.00. The van der Waals surface area contributed by atoms with E-state index < -0.39 is 47.7 Å². The van der Waals surface area contributed by atoms with Crippen molar-refractivity contribution in [2.45, 2.75) is 12.1 Å². The molecule has 0 saturated carbocycles. The van der Waals surface area contributed by atoms with Crippen molar-refractivity contribution in [1.82, 2.24) is 10.6 Å². The lowest BCUT2D eigenvalue weighted by Gasteiger charge is -2.16. The largest absolute Gasteiger partial charge is 0.394 e. The molecule has 4 N–H and O–H groups in total. The van der Waals surface area contributed by atoms with Gasteiger partial charge in [-0.15, -0.1) is 0 Å². The number of esters is 2. The van der Waals surface area contributed by atoms with Crippen molar-refractivity contribution in [1.29, 1.82) is 0 Å². The summed E-state index contributed by atoms with van der Waals surface area (Å²) in [7, 11) is 0. The molecule has 0 saturated heterocycles. The molecule has 0 heterocycles. The lowest BCUT2D eigenvalue weighted by atomic mass is 10.3. The SMILES string of the molecule is O=C(S)N[C@@H](CO)C(=O)OC(=O)[C@H](CO)NC(=O)S. The number of hydrogen-bond donors (Lipinski definition) is 6. The summed E-state index contributed by atoms with van der Waals surface area (Å²) in [6, 6.07) is -2.97. The van der Waals surface area contributed by atoms with Crippen LogP contribution in [-0.2, 0) is 14.3 Å². The maximum atomic E-state index is 11.4. The summed E-state index contributed by atoms with van der Waals surface area (Å²) in [4.78, 5) is 43.9. The summed E-state index contributed by atoms with van der Waals surface area (Å²) in [6.07, 6.45) is 0. The van der Waals surface area contributed by atoms with Crippen LogP contribution in [0.4, 0.5) is 9.59 Å². The van der Waals surface area contributed by atoms with Crippen LogP contribution in [-0.4, -0.2) is 57.9 Å². The lowest BCUT2D eigenvalue weighted by Crippen LogP contribution is -2.47. The molecule has 0 aromatic heterocycles. The molecule has 0 unspecified atom stereocenters. The van der Waals surface area contributed by atoms with Crippen LogP contribution in [0.2, 0.25) is 0 Å². The van der Waals surface area contributed by atoms with Crippen LogP contribution >= 0.6 is 25.3 Å². The Morgan fingerprint density at radius 1 is 0.895 bits per heavy atom. The first-order valence-corrected chi connectivity index (χ1v) is 5.67.